The van der Waals surface area contributed by atoms with Crippen molar-refractivity contribution in [3.05, 3.63) is 0 Å². The number of likely N-dealkylation sites (tertiary alicyclic amines) is 1. The highest BCUT2D eigenvalue weighted by atomic mass is 16.4. The second kappa shape index (κ2) is 5.38. The fourth-order valence-corrected chi connectivity index (χ4v) is 3.79. The van der Waals surface area contributed by atoms with E-state index >= 15 is 0 Å². The topological polar surface area (TPSA) is 57.6 Å². The lowest BCUT2D eigenvalue weighted by atomic mass is 9.82. The van der Waals surface area contributed by atoms with Crippen LogP contribution in [-0.4, -0.2) is 35.0 Å². The van der Waals surface area contributed by atoms with Gasteiger partial charge in [0.2, 0.25) is 5.91 Å². The maximum Gasteiger partial charge on any atom is 0.308 e. The second-order valence-corrected chi connectivity index (χ2v) is 7.64. The summed E-state index contributed by atoms with van der Waals surface area (Å²) in [4.78, 5) is 25.9. The molecule has 2 rings (SSSR count). The first-order valence-electron chi connectivity index (χ1n) is 7.74. The van der Waals surface area contributed by atoms with Crippen molar-refractivity contribution in [2.75, 3.05) is 13.1 Å². The Balaban J connectivity index is 2.06. The fourth-order valence-electron chi connectivity index (χ4n) is 3.79. The van der Waals surface area contributed by atoms with Crippen molar-refractivity contribution < 1.29 is 14.7 Å². The van der Waals surface area contributed by atoms with Crippen molar-refractivity contribution in [1.29, 1.82) is 0 Å². The van der Waals surface area contributed by atoms with E-state index in [9.17, 15) is 14.7 Å². The zero-order valence-electron chi connectivity index (χ0n) is 13.1. The van der Waals surface area contributed by atoms with E-state index in [4.69, 9.17) is 0 Å². The maximum absolute atomic E-state index is 12.7. The van der Waals surface area contributed by atoms with Gasteiger partial charge in [-0.25, -0.2) is 0 Å². The van der Waals surface area contributed by atoms with Crippen LogP contribution in [0.25, 0.3) is 0 Å². The SMILES string of the molecule is CC(C)CC(C)(C)C(=O)N1C[C@H](C(=O)O)[C@@H](C2CC2)C1. The minimum atomic E-state index is -0.737. The Kier molecular flexibility index (Phi) is 4.12. The molecule has 1 heterocycles. The van der Waals surface area contributed by atoms with Crippen LogP contribution in [0.15, 0.2) is 0 Å². The summed E-state index contributed by atoms with van der Waals surface area (Å²) in [5.41, 5.74) is -0.393. The summed E-state index contributed by atoms with van der Waals surface area (Å²) in [7, 11) is 0. The van der Waals surface area contributed by atoms with Crippen LogP contribution in [0.4, 0.5) is 0 Å². The molecule has 114 valence electrons. The highest BCUT2D eigenvalue weighted by molar-refractivity contribution is 5.83. The van der Waals surface area contributed by atoms with Crippen molar-refractivity contribution in [2.45, 2.75) is 47.0 Å². The molecule has 0 bridgehead atoms. The van der Waals surface area contributed by atoms with Crippen LogP contribution in [0.1, 0.15) is 47.0 Å². The first-order valence-corrected chi connectivity index (χ1v) is 7.74. The first-order chi connectivity index (χ1) is 9.22. The Labute approximate surface area is 121 Å². The van der Waals surface area contributed by atoms with E-state index in [1.165, 1.54) is 0 Å². The van der Waals surface area contributed by atoms with Crippen molar-refractivity contribution in [3.63, 3.8) is 0 Å². The Morgan fingerprint density at radius 3 is 2.30 bits per heavy atom. The van der Waals surface area contributed by atoms with Gasteiger partial charge in [0.05, 0.1) is 5.92 Å². The first kappa shape index (κ1) is 15.3. The molecular formula is C16H27NO3. The van der Waals surface area contributed by atoms with Gasteiger partial charge in [-0.2, -0.15) is 0 Å². The Morgan fingerprint density at radius 1 is 1.25 bits per heavy atom. The third-order valence-corrected chi connectivity index (χ3v) is 4.69. The Hall–Kier alpha value is -1.06. The zero-order valence-corrected chi connectivity index (χ0v) is 13.1. The molecule has 0 aromatic rings. The third kappa shape index (κ3) is 3.15. The number of amides is 1. The number of nitrogens with zero attached hydrogens (tertiary/aromatic N) is 1. The van der Waals surface area contributed by atoms with Crippen LogP contribution in [0, 0.1) is 29.1 Å². The summed E-state index contributed by atoms with van der Waals surface area (Å²) in [5.74, 6) is 0.195. The highest BCUT2D eigenvalue weighted by Crippen LogP contribution is 2.45. The van der Waals surface area contributed by atoms with Crippen molar-refractivity contribution >= 4 is 11.9 Å². The van der Waals surface area contributed by atoms with E-state index in [2.05, 4.69) is 13.8 Å². The van der Waals surface area contributed by atoms with E-state index in [0.29, 0.717) is 24.9 Å². The van der Waals surface area contributed by atoms with E-state index in [0.717, 1.165) is 19.3 Å². The third-order valence-electron chi connectivity index (χ3n) is 4.69. The molecule has 1 amide bonds. The number of carboxylic acids is 1. The van der Waals surface area contributed by atoms with Crippen molar-refractivity contribution in [2.24, 2.45) is 29.1 Å². The van der Waals surface area contributed by atoms with Gasteiger partial charge >= 0.3 is 5.97 Å². The predicted octanol–water partition coefficient (Wildman–Crippen LogP) is 2.63. The molecule has 1 aliphatic carbocycles. The molecular weight excluding hydrogens is 254 g/mol. The number of aliphatic carboxylic acids is 1. The minimum Gasteiger partial charge on any atom is -0.481 e. The van der Waals surface area contributed by atoms with Gasteiger partial charge in [0.1, 0.15) is 0 Å². The molecule has 1 saturated heterocycles. The van der Waals surface area contributed by atoms with Gasteiger partial charge in [-0.1, -0.05) is 27.7 Å². The number of carbonyl (C=O) groups is 2. The maximum atomic E-state index is 12.7. The lowest BCUT2D eigenvalue weighted by Crippen LogP contribution is -2.40. The van der Waals surface area contributed by atoms with Crippen molar-refractivity contribution in [1.82, 2.24) is 4.90 Å². The molecule has 0 radical (unpaired) electrons. The smallest absolute Gasteiger partial charge is 0.308 e. The van der Waals surface area contributed by atoms with Crippen LogP contribution in [0.2, 0.25) is 0 Å². The normalized spacial score (nSPS) is 27.1. The molecule has 4 nitrogen and oxygen atoms in total. The molecule has 2 atom stereocenters. The number of hydrogen-bond donors (Lipinski definition) is 1. The molecule has 0 aromatic heterocycles. The molecule has 2 aliphatic rings. The summed E-state index contributed by atoms with van der Waals surface area (Å²) in [6.45, 7) is 9.24. The van der Waals surface area contributed by atoms with Gasteiger partial charge < -0.3 is 10.0 Å². The molecule has 1 saturated carbocycles. The predicted molar refractivity (Wildman–Crippen MR) is 77.2 cm³/mol. The van der Waals surface area contributed by atoms with Gasteiger partial charge in [0.25, 0.3) is 0 Å². The number of carbonyl (C=O) groups excluding carboxylic acids is 1. The average Bonchev–Trinajstić information content (AvgIpc) is 3.05. The monoisotopic (exact) mass is 281 g/mol. The van der Waals surface area contributed by atoms with E-state index in [-0.39, 0.29) is 17.7 Å². The zero-order chi connectivity index (χ0) is 15.1. The quantitative estimate of drug-likeness (QED) is 0.842. The molecule has 4 heteroatoms. The van der Waals surface area contributed by atoms with Gasteiger partial charge in [-0.05, 0) is 37.0 Å². The fraction of sp³-hybridized carbons (Fsp3) is 0.875. The number of hydrogen-bond acceptors (Lipinski definition) is 2. The largest absolute Gasteiger partial charge is 0.481 e. The summed E-state index contributed by atoms with van der Waals surface area (Å²) in [5, 5.41) is 9.37. The van der Waals surface area contributed by atoms with Crippen molar-refractivity contribution in [3.8, 4) is 0 Å². The van der Waals surface area contributed by atoms with Crippen LogP contribution < -0.4 is 0 Å². The molecule has 1 N–H and O–H groups in total. The molecule has 1 aliphatic heterocycles. The minimum absolute atomic E-state index is 0.126. The summed E-state index contributed by atoms with van der Waals surface area (Å²) in [6, 6.07) is 0. The standard InChI is InChI=1S/C16H27NO3/c1-10(2)7-16(3,4)15(20)17-8-12(11-5-6-11)13(9-17)14(18)19/h10-13H,5-9H2,1-4H3,(H,18,19)/t12-,13+/m1/s1. The van der Waals surface area contributed by atoms with Crippen LogP contribution in [-0.2, 0) is 9.59 Å². The molecule has 0 aromatic carbocycles. The van der Waals surface area contributed by atoms with Gasteiger partial charge in [0.15, 0.2) is 0 Å². The second-order valence-electron chi connectivity index (χ2n) is 7.64. The van der Waals surface area contributed by atoms with Gasteiger partial charge in [0, 0.05) is 18.5 Å². The number of carboxylic acid groups (broad SMARTS) is 1. The summed E-state index contributed by atoms with van der Waals surface area (Å²) in [6.07, 6.45) is 3.10. The van der Waals surface area contributed by atoms with Crippen LogP contribution >= 0.6 is 0 Å². The highest BCUT2D eigenvalue weighted by Gasteiger charge is 2.48. The average molecular weight is 281 g/mol. The summed E-state index contributed by atoms with van der Waals surface area (Å²) < 4.78 is 0. The summed E-state index contributed by atoms with van der Waals surface area (Å²) >= 11 is 0. The van der Waals surface area contributed by atoms with E-state index < -0.39 is 11.4 Å². The Bertz CT molecular complexity index is 399. The molecule has 20 heavy (non-hydrogen) atoms. The van der Waals surface area contributed by atoms with Crippen LogP contribution in [0.3, 0.4) is 0 Å². The van der Waals surface area contributed by atoms with Gasteiger partial charge in [-0.15, -0.1) is 0 Å². The van der Waals surface area contributed by atoms with Gasteiger partial charge in [-0.3, -0.25) is 9.59 Å². The van der Waals surface area contributed by atoms with E-state index in [1.807, 2.05) is 18.7 Å². The molecule has 0 unspecified atom stereocenters. The Morgan fingerprint density at radius 2 is 1.85 bits per heavy atom. The molecule has 2 fully saturated rings. The lowest BCUT2D eigenvalue weighted by Gasteiger charge is -2.30. The van der Waals surface area contributed by atoms with Crippen LogP contribution in [0.5, 0.6) is 0 Å². The molecule has 0 spiro atoms. The van der Waals surface area contributed by atoms with E-state index in [1.54, 1.807) is 0 Å². The lowest BCUT2D eigenvalue weighted by molar-refractivity contribution is -0.143. The number of rotatable bonds is 5.